The van der Waals surface area contributed by atoms with Crippen LogP contribution < -0.4 is 4.74 Å². The molecule has 1 heterocycles. The number of aliphatic imine (C=N–C) groups is 1. The van der Waals surface area contributed by atoms with E-state index >= 15 is 0 Å². The second-order valence-electron chi connectivity index (χ2n) is 3.85. The Bertz CT molecular complexity index is 523. The van der Waals surface area contributed by atoms with Gasteiger partial charge in [-0.1, -0.05) is 18.2 Å². The quantitative estimate of drug-likeness (QED) is 0.745. The van der Waals surface area contributed by atoms with Crippen LogP contribution in [0.1, 0.15) is 16.0 Å². The summed E-state index contributed by atoms with van der Waals surface area (Å²) in [6.45, 7) is 4.15. The second kappa shape index (κ2) is 5.15. The van der Waals surface area contributed by atoms with Crippen LogP contribution in [0.15, 0.2) is 34.6 Å². The molecule has 1 aromatic heterocycles. The predicted octanol–water partition coefficient (Wildman–Crippen LogP) is 4.12. The number of aryl methyl sites for hydroxylation is 2. The van der Waals surface area contributed by atoms with Gasteiger partial charge in [-0.25, -0.2) is 0 Å². The molecule has 0 bridgehead atoms. The van der Waals surface area contributed by atoms with Crippen LogP contribution in [0.4, 0.5) is 5.69 Å². The van der Waals surface area contributed by atoms with Crippen LogP contribution >= 0.6 is 11.3 Å². The lowest BCUT2D eigenvalue weighted by Gasteiger charge is -2.03. The summed E-state index contributed by atoms with van der Waals surface area (Å²) in [5, 5.41) is 2.00. The smallest absolute Gasteiger partial charge is 0.138 e. The van der Waals surface area contributed by atoms with Gasteiger partial charge in [-0.2, -0.15) is 0 Å². The van der Waals surface area contributed by atoms with Gasteiger partial charge in [-0.3, -0.25) is 4.99 Å². The molecule has 1 aromatic carbocycles. The van der Waals surface area contributed by atoms with Crippen LogP contribution in [0.5, 0.6) is 5.75 Å². The van der Waals surface area contributed by atoms with Crippen LogP contribution in [0.25, 0.3) is 0 Å². The van der Waals surface area contributed by atoms with Gasteiger partial charge >= 0.3 is 0 Å². The van der Waals surface area contributed by atoms with Crippen LogP contribution in [0.3, 0.4) is 0 Å². The molecule has 0 saturated carbocycles. The molecule has 0 aliphatic heterocycles. The summed E-state index contributed by atoms with van der Waals surface area (Å²) in [5.41, 5.74) is 3.43. The Morgan fingerprint density at radius 3 is 2.53 bits per heavy atom. The van der Waals surface area contributed by atoms with E-state index in [0.717, 1.165) is 16.3 Å². The average Bonchev–Trinajstić information content (AvgIpc) is 2.76. The Hall–Kier alpha value is -1.61. The van der Waals surface area contributed by atoms with E-state index in [1.54, 1.807) is 18.4 Å². The van der Waals surface area contributed by atoms with E-state index in [0.29, 0.717) is 0 Å². The first-order valence-electron chi connectivity index (χ1n) is 5.44. The molecule has 88 valence electrons. The summed E-state index contributed by atoms with van der Waals surface area (Å²) >= 11 is 1.63. The van der Waals surface area contributed by atoms with Crippen LogP contribution in [-0.2, 0) is 0 Å². The second-order valence-corrected chi connectivity index (χ2v) is 4.80. The third kappa shape index (κ3) is 2.56. The molecule has 0 radical (unpaired) electrons. The monoisotopic (exact) mass is 245 g/mol. The number of ether oxygens (including phenoxy) is 1. The molecule has 0 atom stereocenters. The van der Waals surface area contributed by atoms with E-state index in [1.807, 2.05) is 17.7 Å². The summed E-state index contributed by atoms with van der Waals surface area (Å²) in [5.74, 6) is 0.880. The molecule has 0 spiro atoms. The number of methoxy groups -OCH3 is 1. The molecule has 2 nitrogen and oxygen atoms in total. The molecule has 0 fully saturated rings. The van der Waals surface area contributed by atoms with Crippen molar-refractivity contribution in [1.29, 1.82) is 0 Å². The minimum Gasteiger partial charge on any atom is -0.495 e. The highest BCUT2D eigenvalue weighted by Crippen LogP contribution is 2.26. The zero-order chi connectivity index (χ0) is 12.3. The third-order valence-corrected chi connectivity index (χ3v) is 3.46. The van der Waals surface area contributed by atoms with Crippen molar-refractivity contribution in [2.24, 2.45) is 4.99 Å². The van der Waals surface area contributed by atoms with Crippen molar-refractivity contribution >= 4 is 23.2 Å². The van der Waals surface area contributed by atoms with Crippen molar-refractivity contribution in [1.82, 2.24) is 0 Å². The van der Waals surface area contributed by atoms with Crippen molar-refractivity contribution in [2.75, 3.05) is 7.11 Å². The Morgan fingerprint density at radius 1 is 1.18 bits per heavy atom. The van der Waals surface area contributed by atoms with E-state index in [2.05, 4.69) is 37.0 Å². The lowest BCUT2D eigenvalue weighted by molar-refractivity contribution is 0.416. The topological polar surface area (TPSA) is 21.6 Å². The van der Waals surface area contributed by atoms with E-state index < -0.39 is 0 Å². The zero-order valence-electron chi connectivity index (χ0n) is 10.2. The maximum atomic E-state index is 5.25. The van der Waals surface area contributed by atoms with Gasteiger partial charge in [0.15, 0.2) is 0 Å². The van der Waals surface area contributed by atoms with E-state index in [9.17, 15) is 0 Å². The Labute approximate surface area is 106 Å². The molecule has 0 unspecified atom stereocenters. The minimum absolute atomic E-state index is 0.880. The van der Waals surface area contributed by atoms with Crippen molar-refractivity contribution in [2.45, 2.75) is 13.8 Å². The van der Waals surface area contributed by atoms with Gasteiger partial charge in [-0.15, -0.1) is 11.3 Å². The Kier molecular flexibility index (Phi) is 3.59. The van der Waals surface area contributed by atoms with Crippen molar-refractivity contribution in [3.63, 3.8) is 0 Å². The lowest BCUT2D eigenvalue weighted by Crippen LogP contribution is -1.85. The number of para-hydroxylation sites is 1. The number of rotatable bonds is 3. The molecule has 2 aromatic rings. The van der Waals surface area contributed by atoms with Crippen molar-refractivity contribution < 1.29 is 4.74 Å². The largest absolute Gasteiger partial charge is 0.495 e. The van der Waals surface area contributed by atoms with Gasteiger partial charge in [0.2, 0.25) is 0 Å². The molecule has 0 aliphatic rings. The normalized spacial score (nSPS) is 11.0. The summed E-state index contributed by atoms with van der Waals surface area (Å²) in [7, 11) is 1.68. The highest BCUT2D eigenvalue weighted by Gasteiger charge is 2.02. The fourth-order valence-corrected chi connectivity index (χ4v) is 2.42. The van der Waals surface area contributed by atoms with E-state index in [-0.39, 0.29) is 0 Å². The number of nitrogens with zero attached hydrogens (tertiary/aromatic N) is 1. The maximum absolute atomic E-state index is 5.25. The van der Waals surface area contributed by atoms with Gasteiger partial charge in [-0.05, 0) is 36.4 Å². The standard InChI is InChI=1S/C14H15NOS/c1-10-5-4-6-11(2)14(10)15-9-13-12(16-3)7-8-17-13/h4-9H,1-3H3. The number of thiophene rings is 1. The maximum Gasteiger partial charge on any atom is 0.138 e. The van der Waals surface area contributed by atoms with Gasteiger partial charge in [0, 0.05) is 6.21 Å². The fraction of sp³-hybridized carbons (Fsp3) is 0.214. The van der Waals surface area contributed by atoms with Crippen LogP contribution in [0, 0.1) is 13.8 Å². The first kappa shape index (κ1) is 11.9. The molecule has 2 rings (SSSR count). The van der Waals surface area contributed by atoms with Gasteiger partial charge < -0.3 is 4.74 Å². The first-order chi connectivity index (χ1) is 8.22. The van der Waals surface area contributed by atoms with Crippen molar-refractivity contribution in [3.8, 4) is 5.75 Å². The summed E-state index contributed by atoms with van der Waals surface area (Å²) < 4.78 is 5.25. The van der Waals surface area contributed by atoms with Gasteiger partial charge in [0.25, 0.3) is 0 Å². The number of benzene rings is 1. The third-order valence-electron chi connectivity index (χ3n) is 2.63. The molecular weight excluding hydrogens is 230 g/mol. The Morgan fingerprint density at radius 2 is 1.88 bits per heavy atom. The summed E-state index contributed by atoms with van der Waals surface area (Å²) in [4.78, 5) is 5.61. The number of hydrogen-bond acceptors (Lipinski definition) is 3. The summed E-state index contributed by atoms with van der Waals surface area (Å²) in [6, 6.07) is 8.16. The molecule has 0 amide bonds. The lowest BCUT2D eigenvalue weighted by atomic mass is 10.1. The fourth-order valence-electron chi connectivity index (χ4n) is 1.70. The minimum atomic E-state index is 0.880. The van der Waals surface area contributed by atoms with Crippen LogP contribution in [-0.4, -0.2) is 13.3 Å². The van der Waals surface area contributed by atoms with Crippen molar-refractivity contribution in [3.05, 3.63) is 45.6 Å². The summed E-state index contributed by atoms with van der Waals surface area (Å²) in [6.07, 6.45) is 1.87. The molecule has 0 aliphatic carbocycles. The molecule has 3 heteroatoms. The highest BCUT2D eigenvalue weighted by molar-refractivity contribution is 7.12. The van der Waals surface area contributed by atoms with E-state index in [1.165, 1.54) is 11.1 Å². The molecule has 0 N–H and O–H groups in total. The number of hydrogen-bond donors (Lipinski definition) is 0. The van der Waals surface area contributed by atoms with E-state index in [4.69, 9.17) is 4.74 Å². The van der Waals surface area contributed by atoms with Gasteiger partial charge in [0.05, 0.1) is 17.7 Å². The molecule has 0 saturated heterocycles. The highest BCUT2D eigenvalue weighted by atomic mass is 32.1. The average molecular weight is 245 g/mol. The SMILES string of the molecule is COc1ccsc1C=Nc1c(C)cccc1C. The van der Waals surface area contributed by atoms with Gasteiger partial charge in [0.1, 0.15) is 5.75 Å². The molecule has 17 heavy (non-hydrogen) atoms. The predicted molar refractivity (Wildman–Crippen MR) is 74.0 cm³/mol. The van der Waals surface area contributed by atoms with Crippen LogP contribution in [0.2, 0.25) is 0 Å². The zero-order valence-corrected chi connectivity index (χ0v) is 11.0. The first-order valence-corrected chi connectivity index (χ1v) is 6.32. The molecular formula is C14H15NOS. The Balaban J connectivity index is 2.32.